The fourth-order valence-electron chi connectivity index (χ4n) is 2.27. The zero-order valence-electron chi connectivity index (χ0n) is 10.8. The lowest BCUT2D eigenvalue weighted by atomic mass is 10.2. The fraction of sp³-hybridized carbons (Fsp3) is 0.0625. The number of fused-ring (bicyclic) bond motifs is 1. The first kappa shape index (κ1) is 12.4. The number of hydrogen-bond donors (Lipinski definition) is 0. The van der Waals surface area contributed by atoms with Crippen LogP contribution in [-0.4, -0.2) is 17.6 Å². The summed E-state index contributed by atoms with van der Waals surface area (Å²) in [6.45, 7) is 0. The summed E-state index contributed by atoms with van der Waals surface area (Å²) in [4.78, 5) is 12.0. The zero-order chi connectivity index (χ0) is 14.1. The van der Waals surface area contributed by atoms with Crippen molar-refractivity contribution in [1.29, 1.82) is 0 Å². The summed E-state index contributed by atoms with van der Waals surface area (Å²) in [6.07, 6.45) is 1.84. The van der Waals surface area contributed by atoms with E-state index < -0.39 is 5.97 Å². The number of carbonyl (C=O) groups is 1. The average molecular weight is 269 g/mol. The Bertz CT molecular complexity index is 775. The third kappa shape index (κ3) is 1.95. The molecule has 20 heavy (non-hydrogen) atoms. The van der Waals surface area contributed by atoms with Crippen LogP contribution in [0.3, 0.4) is 0 Å². The Hall–Kier alpha value is -2.62. The Labute approximate surface area is 115 Å². The minimum atomic E-state index is -0.421. The normalized spacial score (nSPS) is 10.7. The van der Waals surface area contributed by atoms with Gasteiger partial charge in [0.15, 0.2) is 0 Å². The van der Waals surface area contributed by atoms with E-state index in [9.17, 15) is 9.18 Å². The molecule has 0 atom stereocenters. The SMILES string of the molecule is COC(=O)c1c2ccccc2cn1-c1ccc(F)cc1. The van der Waals surface area contributed by atoms with Crippen LogP contribution in [0.15, 0.2) is 54.7 Å². The van der Waals surface area contributed by atoms with Gasteiger partial charge < -0.3 is 9.30 Å². The standard InChI is InChI=1S/C16H12FNO2/c1-20-16(19)15-14-5-3-2-4-11(14)10-18(15)13-8-6-12(17)7-9-13/h2-10H,1H3. The number of benzene rings is 2. The Morgan fingerprint density at radius 2 is 1.80 bits per heavy atom. The number of rotatable bonds is 2. The quantitative estimate of drug-likeness (QED) is 0.666. The van der Waals surface area contributed by atoms with Crippen LogP contribution in [0.1, 0.15) is 10.5 Å². The van der Waals surface area contributed by atoms with Crippen molar-refractivity contribution in [3.05, 3.63) is 66.2 Å². The van der Waals surface area contributed by atoms with Gasteiger partial charge in [-0.2, -0.15) is 0 Å². The van der Waals surface area contributed by atoms with Crippen LogP contribution in [0, 0.1) is 5.82 Å². The number of halogens is 1. The first-order valence-electron chi connectivity index (χ1n) is 6.15. The Morgan fingerprint density at radius 1 is 1.10 bits per heavy atom. The van der Waals surface area contributed by atoms with Crippen molar-refractivity contribution in [2.75, 3.05) is 7.11 Å². The van der Waals surface area contributed by atoms with Crippen molar-refractivity contribution in [3.8, 4) is 5.69 Å². The van der Waals surface area contributed by atoms with Crippen LogP contribution in [0.4, 0.5) is 4.39 Å². The lowest BCUT2D eigenvalue weighted by molar-refractivity contribution is 0.0594. The fourth-order valence-corrected chi connectivity index (χ4v) is 2.27. The van der Waals surface area contributed by atoms with Gasteiger partial charge in [-0.1, -0.05) is 24.3 Å². The second-order valence-electron chi connectivity index (χ2n) is 4.40. The molecule has 100 valence electrons. The summed E-state index contributed by atoms with van der Waals surface area (Å²) in [5, 5.41) is 1.74. The zero-order valence-corrected chi connectivity index (χ0v) is 10.8. The number of hydrogen-bond acceptors (Lipinski definition) is 2. The number of carbonyl (C=O) groups excluding carboxylic acids is 1. The highest BCUT2D eigenvalue weighted by molar-refractivity contribution is 6.04. The van der Waals surface area contributed by atoms with Crippen LogP contribution >= 0.6 is 0 Å². The first-order valence-corrected chi connectivity index (χ1v) is 6.15. The second-order valence-corrected chi connectivity index (χ2v) is 4.40. The monoisotopic (exact) mass is 269 g/mol. The van der Waals surface area contributed by atoms with Gasteiger partial charge in [-0.15, -0.1) is 0 Å². The van der Waals surface area contributed by atoms with Gasteiger partial charge in [-0.3, -0.25) is 0 Å². The highest BCUT2D eigenvalue weighted by Gasteiger charge is 2.18. The van der Waals surface area contributed by atoms with E-state index in [2.05, 4.69) is 0 Å². The minimum Gasteiger partial charge on any atom is -0.464 e. The molecule has 3 rings (SSSR count). The van der Waals surface area contributed by atoms with E-state index in [0.29, 0.717) is 11.4 Å². The maximum absolute atomic E-state index is 13.0. The molecule has 0 aliphatic carbocycles. The van der Waals surface area contributed by atoms with Crippen LogP contribution in [0.2, 0.25) is 0 Å². The molecule has 0 saturated carbocycles. The summed E-state index contributed by atoms with van der Waals surface area (Å²) in [5.41, 5.74) is 1.15. The Balaban J connectivity index is 2.29. The molecule has 2 aromatic carbocycles. The first-order chi connectivity index (χ1) is 9.70. The highest BCUT2D eigenvalue weighted by Crippen LogP contribution is 2.25. The predicted molar refractivity (Wildman–Crippen MR) is 74.6 cm³/mol. The van der Waals surface area contributed by atoms with Crippen LogP contribution in [0.5, 0.6) is 0 Å². The number of aromatic nitrogens is 1. The number of methoxy groups -OCH3 is 1. The van der Waals surface area contributed by atoms with E-state index in [-0.39, 0.29) is 5.82 Å². The lowest BCUT2D eigenvalue weighted by Gasteiger charge is -2.07. The maximum atomic E-state index is 13.0. The molecule has 0 spiro atoms. The molecule has 0 radical (unpaired) electrons. The molecule has 0 bridgehead atoms. The molecule has 3 aromatic rings. The summed E-state index contributed by atoms with van der Waals surface area (Å²) in [5.74, 6) is -0.736. The Kier molecular flexibility index (Phi) is 2.99. The van der Waals surface area contributed by atoms with E-state index in [1.165, 1.54) is 19.2 Å². The van der Waals surface area contributed by atoms with E-state index in [4.69, 9.17) is 4.74 Å². The lowest BCUT2D eigenvalue weighted by Crippen LogP contribution is -2.08. The predicted octanol–water partition coefficient (Wildman–Crippen LogP) is 3.56. The molecule has 0 saturated heterocycles. The molecule has 4 heteroatoms. The third-order valence-electron chi connectivity index (χ3n) is 3.21. The van der Waals surface area contributed by atoms with Gasteiger partial charge in [0.1, 0.15) is 11.5 Å². The van der Waals surface area contributed by atoms with E-state index in [0.717, 1.165) is 10.8 Å². The van der Waals surface area contributed by atoms with Gasteiger partial charge in [0.2, 0.25) is 0 Å². The molecular formula is C16H12FNO2. The van der Waals surface area contributed by atoms with Gasteiger partial charge in [-0.05, 0) is 24.3 Å². The van der Waals surface area contributed by atoms with Crippen molar-refractivity contribution in [1.82, 2.24) is 4.57 Å². The topological polar surface area (TPSA) is 31.2 Å². The van der Waals surface area contributed by atoms with Gasteiger partial charge in [0.25, 0.3) is 0 Å². The van der Waals surface area contributed by atoms with E-state index in [1.54, 1.807) is 16.7 Å². The van der Waals surface area contributed by atoms with Crippen LogP contribution < -0.4 is 0 Å². The van der Waals surface area contributed by atoms with E-state index in [1.807, 2.05) is 30.5 Å². The molecule has 0 amide bonds. The van der Waals surface area contributed by atoms with Gasteiger partial charge in [0, 0.05) is 22.7 Å². The summed E-state index contributed by atoms with van der Waals surface area (Å²) < 4.78 is 19.6. The van der Waals surface area contributed by atoms with Crippen LogP contribution in [0.25, 0.3) is 16.5 Å². The minimum absolute atomic E-state index is 0.315. The molecule has 0 unspecified atom stereocenters. The second kappa shape index (κ2) is 4.81. The summed E-state index contributed by atoms with van der Waals surface area (Å²) >= 11 is 0. The van der Waals surface area contributed by atoms with Gasteiger partial charge >= 0.3 is 5.97 Å². The highest BCUT2D eigenvalue weighted by atomic mass is 19.1. The molecular weight excluding hydrogens is 257 g/mol. The number of ether oxygens (including phenoxy) is 1. The molecule has 0 aliphatic heterocycles. The maximum Gasteiger partial charge on any atom is 0.355 e. The van der Waals surface area contributed by atoms with Crippen LogP contribution in [-0.2, 0) is 4.74 Å². The summed E-state index contributed by atoms with van der Waals surface area (Å²) in [6, 6.07) is 13.5. The molecule has 1 heterocycles. The number of esters is 1. The van der Waals surface area contributed by atoms with E-state index >= 15 is 0 Å². The molecule has 0 N–H and O–H groups in total. The molecule has 0 aliphatic rings. The molecule has 3 nitrogen and oxygen atoms in total. The van der Waals surface area contributed by atoms with Crippen molar-refractivity contribution in [3.63, 3.8) is 0 Å². The van der Waals surface area contributed by atoms with Crippen molar-refractivity contribution < 1.29 is 13.9 Å². The third-order valence-corrected chi connectivity index (χ3v) is 3.21. The van der Waals surface area contributed by atoms with Crippen molar-refractivity contribution >= 4 is 16.7 Å². The Morgan fingerprint density at radius 3 is 2.50 bits per heavy atom. The van der Waals surface area contributed by atoms with Gasteiger partial charge in [-0.25, -0.2) is 9.18 Å². The largest absolute Gasteiger partial charge is 0.464 e. The molecule has 1 aromatic heterocycles. The molecule has 0 fully saturated rings. The van der Waals surface area contributed by atoms with Crippen molar-refractivity contribution in [2.45, 2.75) is 0 Å². The number of nitrogens with zero attached hydrogens (tertiary/aromatic N) is 1. The smallest absolute Gasteiger partial charge is 0.355 e. The van der Waals surface area contributed by atoms with Gasteiger partial charge in [0.05, 0.1) is 7.11 Å². The summed E-state index contributed by atoms with van der Waals surface area (Å²) in [7, 11) is 1.35. The van der Waals surface area contributed by atoms with Crippen molar-refractivity contribution in [2.24, 2.45) is 0 Å². The average Bonchev–Trinajstić information content (AvgIpc) is 2.86.